The van der Waals surface area contributed by atoms with Crippen LogP contribution >= 0.6 is 0 Å². The number of carbonyl (C=O) groups is 1. The summed E-state index contributed by atoms with van der Waals surface area (Å²) in [7, 11) is 3.09. The summed E-state index contributed by atoms with van der Waals surface area (Å²) in [5, 5.41) is 5.91. The van der Waals surface area contributed by atoms with Crippen molar-refractivity contribution in [2.24, 2.45) is 0 Å². The van der Waals surface area contributed by atoms with Crippen LogP contribution in [-0.2, 0) is 0 Å². The van der Waals surface area contributed by atoms with Crippen LogP contribution in [-0.4, -0.2) is 31.3 Å². The zero-order chi connectivity index (χ0) is 21.7. The molecule has 3 rings (SSSR count). The first-order valence-electron chi connectivity index (χ1n) is 9.50. The zero-order valence-electron chi connectivity index (χ0n) is 17.3. The SMILES string of the molecule is CCC(C)NC(=O)Nc1ccc(Oc2ccnc3cc(OC)c(OC)cc23)cc1F. The molecule has 0 spiro atoms. The molecular weight excluding hydrogens is 389 g/mol. The van der Waals surface area contributed by atoms with E-state index in [-0.39, 0.29) is 17.5 Å². The molecule has 0 aliphatic heterocycles. The number of hydrogen-bond acceptors (Lipinski definition) is 5. The molecule has 1 aromatic heterocycles. The summed E-state index contributed by atoms with van der Waals surface area (Å²) in [6.45, 7) is 3.82. The van der Waals surface area contributed by atoms with Crippen molar-refractivity contribution in [3.05, 3.63) is 48.4 Å². The highest BCUT2D eigenvalue weighted by Crippen LogP contribution is 2.37. The standard InChI is InChI=1S/C22H24FN3O4/c1-5-13(2)25-22(27)26-17-7-6-14(10-16(17)23)30-19-8-9-24-18-12-21(29-4)20(28-3)11-15(18)19/h6-13H,5H2,1-4H3,(H2,25,26,27). The number of halogens is 1. The van der Waals surface area contributed by atoms with Crippen LogP contribution in [0.3, 0.4) is 0 Å². The Morgan fingerprint density at radius 1 is 1.10 bits per heavy atom. The van der Waals surface area contributed by atoms with E-state index in [4.69, 9.17) is 14.2 Å². The molecule has 8 heteroatoms. The van der Waals surface area contributed by atoms with Crippen LogP contribution in [0.15, 0.2) is 42.6 Å². The van der Waals surface area contributed by atoms with E-state index in [9.17, 15) is 9.18 Å². The number of amides is 2. The van der Waals surface area contributed by atoms with Crippen molar-refractivity contribution >= 4 is 22.6 Å². The molecule has 1 unspecified atom stereocenters. The number of urea groups is 1. The van der Waals surface area contributed by atoms with Gasteiger partial charge in [-0.15, -0.1) is 0 Å². The number of hydrogen-bond donors (Lipinski definition) is 2. The predicted molar refractivity (Wildman–Crippen MR) is 113 cm³/mol. The van der Waals surface area contributed by atoms with E-state index in [0.29, 0.717) is 28.2 Å². The minimum atomic E-state index is -0.607. The van der Waals surface area contributed by atoms with Crippen LogP contribution in [0.25, 0.3) is 10.9 Å². The number of pyridine rings is 1. The number of carbonyl (C=O) groups excluding carboxylic acids is 1. The largest absolute Gasteiger partial charge is 0.493 e. The molecule has 7 nitrogen and oxygen atoms in total. The van der Waals surface area contributed by atoms with Crippen LogP contribution in [0.5, 0.6) is 23.0 Å². The summed E-state index contributed by atoms with van der Waals surface area (Å²) < 4.78 is 31.0. The molecule has 1 atom stereocenters. The van der Waals surface area contributed by atoms with E-state index in [1.165, 1.54) is 12.1 Å². The third-order valence-corrected chi connectivity index (χ3v) is 4.61. The predicted octanol–water partition coefficient (Wildman–Crippen LogP) is 5.10. The lowest BCUT2D eigenvalue weighted by atomic mass is 10.2. The third kappa shape index (κ3) is 4.71. The van der Waals surface area contributed by atoms with E-state index in [0.717, 1.165) is 6.42 Å². The summed E-state index contributed by atoms with van der Waals surface area (Å²) in [5.74, 6) is 1.23. The van der Waals surface area contributed by atoms with E-state index in [1.54, 1.807) is 44.7 Å². The zero-order valence-corrected chi connectivity index (χ0v) is 17.3. The molecule has 0 saturated carbocycles. The van der Waals surface area contributed by atoms with E-state index in [2.05, 4.69) is 15.6 Å². The lowest BCUT2D eigenvalue weighted by Crippen LogP contribution is -2.35. The summed E-state index contributed by atoms with van der Waals surface area (Å²) in [5.41, 5.74) is 0.708. The van der Waals surface area contributed by atoms with Crippen molar-refractivity contribution in [2.45, 2.75) is 26.3 Å². The number of anilines is 1. The number of rotatable bonds is 7. The Hall–Kier alpha value is -3.55. The van der Waals surface area contributed by atoms with E-state index >= 15 is 0 Å². The Labute approximate surface area is 174 Å². The van der Waals surface area contributed by atoms with E-state index < -0.39 is 11.8 Å². The molecule has 2 amide bonds. The van der Waals surface area contributed by atoms with E-state index in [1.807, 2.05) is 13.8 Å². The van der Waals surface area contributed by atoms with Gasteiger partial charge in [-0.2, -0.15) is 0 Å². The van der Waals surface area contributed by atoms with Gasteiger partial charge in [0.05, 0.1) is 25.4 Å². The Kier molecular flexibility index (Phi) is 6.56. The van der Waals surface area contributed by atoms with Crippen LogP contribution in [0.1, 0.15) is 20.3 Å². The second-order valence-corrected chi connectivity index (χ2v) is 6.68. The second kappa shape index (κ2) is 9.30. The molecular formula is C22H24FN3O4. The van der Waals surface area contributed by atoms with Crippen LogP contribution < -0.4 is 24.8 Å². The molecule has 1 heterocycles. The van der Waals surface area contributed by atoms with Gasteiger partial charge in [-0.05, 0) is 37.6 Å². The number of methoxy groups -OCH3 is 2. The van der Waals surface area contributed by atoms with Gasteiger partial charge in [-0.3, -0.25) is 4.98 Å². The number of fused-ring (bicyclic) bond motifs is 1. The lowest BCUT2D eigenvalue weighted by molar-refractivity contribution is 0.249. The van der Waals surface area contributed by atoms with Crippen LogP contribution in [0.4, 0.5) is 14.9 Å². The quantitative estimate of drug-likeness (QED) is 0.563. The van der Waals surface area contributed by atoms with Gasteiger partial charge >= 0.3 is 6.03 Å². The molecule has 2 aromatic carbocycles. The maximum atomic E-state index is 14.5. The summed E-state index contributed by atoms with van der Waals surface area (Å²) >= 11 is 0. The second-order valence-electron chi connectivity index (χ2n) is 6.68. The van der Waals surface area contributed by atoms with Crippen molar-refractivity contribution in [3.63, 3.8) is 0 Å². The molecule has 0 bridgehead atoms. The van der Waals surface area contributed by atoms with Crippen molar-refractivity contribution in [3.8, 4) is 23.0 Å². The first-order chi connectivity index (χ1) is 14.4. The Balaban J connectivity index is 1.84. The van der Waals surface area contributed by atoms with Gasteiger partial charge in [0.15, 0.2) is 11.5 Å². The average molecular weight is 413 g/mol. The number of nitrogens with zero attached hydrogens (tertiary/aromatic N) is 1. The number of benzene rings is 2. The Morgan fingerprint density at radius 3 is 2.50 bits per heavy atom. The maximum absolute atomic E-state index is 14.5. The van der Waals surface area contributed by atoms with Gasteiger partial charge in [0.2, 0.25) is 0 Å². The molecule has 0 fully saturated rings. The number of nitrogens with one attached hydrogen (secondary N) is 2. The topological polar surface area (TPSA) is 81.7 Å². The van der Waals surface area contributed by atoms with Gasteiger partial charge in [0.25, 0.3) is 0 Å². The molecule has 30 heavy (non-hydrogen) atoms. The Morgan fingerprint density at radius 2 is 1.83 bits per heavy atom. The van der Waals surface area contributed by atoms with Crippen molar-refractivity contribution < 1.29 is 23.4 Å². The van der Waals surface area contributed by atoms with Gasteiger partial charge in [0, 0.05) is 29.8 Å². The van der Waals surface area contributed by atoms with Gasteiger partial charge in [0.1, 0.15) is 17.3 Å². The first-order valence-corrected chi connectivity index (χ1v) is 9.50. The van der Waals surface area contributed by atoms with Crippen molar-refractivity contribution in [1.82, 2.24) is 10.3 Å². The highest BCUT2D eigenvalue weighted by Gasteiger charge is 2.13. The molecule has 0 aliphatic rings. The maximum Gasteiger partial charge on any atom is 0.319 e. The lowest BCUT2D eigenvalue weighted by Gasteiger charge is -2.14. The summed E-state index contributed by atoms with van der Waals surface area (Å²) in [6.07, 6.45) is 2.37. The Bertz CT molecular complexity index is 1060. The fourth-order valence-corrected chi connectivity index (χ4v) is 2.81. The van der Waals surface area contributed by atoms with Gasteiger partial charge in [-0.25, -0.2) is 9.18 Å². The van der Waals surface area contributed by atoms with Gasteiger partial charge < -0.3 is 24.8 Å². The third-order valence-electron chi connectivity index (χ3n) is 4.61. The fraction of sp³-hybridized carbons (Fsp3) is 0.273. The van der Waals surface area contributed by atoms with Crippen molar-refractivity contribution in [1.29, 1.82) is 0 Å². The highest BCUT2D eigenvalue weighted by atomic mass is 19.1. The molecule has 0 saturated heterocycles. The van der Waals surface area contributed by atoms with Crippen LogP contribution in [0, 0.1) is 5.82 Å². The molecule has 0 radical (unpaired) electrons. The number of ether oxygens (including phenoxy) is 3. The van der Waals surface area contributed by atoms with Crippen molar-refractivity contribution in [2.75, 3.05) is 19.5 Å². The minimum absolute atomic E-state index is 0.00810. The first kappa shape index (κ1) is 21.2. The smallest absolute Gasteiger partial charge is 0.319 e. The average Bonchev–Trinajstić information content (AvgIpc) is 2.74. The molecule has 0 aliphatic carbocycles. The number of aromatic nitrogens is 1. The highest BCUT2D eigenvalue weighted by molar-refractivity contribution is 5.90. The summed E-state index contributed by atoms with van der Waals surface area (Å²) in [6, 6.07) is 8.95. The van der Waals surface area contributed by atoms with Gasteiger partial charge in [-0.1, -0.05) is 6.92 Å². The minimum Gasteiger partial charge on any atom is -0.493 e. The summed E-state index contributed by atoms with van der Waals surface area (Å²) in [4.78, 5) is 16.2. The molecule has 3 aromatic rings. The monoisotopic (exact) mass is 413 g/mol. The molecule has 2 N–H and O–H groups in total. The molecule has 158 valence electrons. The fourth-order valence-electron chi connectivity index (χ4n) is 2.81. The van der Waals surface area contributed by atoms with Crippen LogP contribution in [0.2, 0.25) is 0 Å². The normalized spacial score (nSPS) is 11.6.